The van der Waals surface area contributed by atoms with Gasteiger partial charge in [0.15, 0.2) is 5.60 Å². The highest BCUT2D eigenvalue weighted by Gasteiger charge is 2.36. The number of amides is 1. The smallest absolute Gasteiger partial charge is 0.408 e. The van der Waals surface area contributed by atoms with E-state index in [1.807, 2.05) is 38.1 Å². The number of ether oxygens (including phenoxy) is 1. The van der Waals surface area contributed by atoms with Crippen molar-refractivity contribution in [2.75, 3.05) is 6.54 Å². The van der Waals surface area contributed by atoms with Gasteiger partial charge in [-0.3, -0.25) is 0 Å². The van der Waals surface area contributed by atoms with Crippen LogP contribution in [0.25, 0.3) is 0 Å². The lowest BCUT2D eigenvalue weighted by molar-refractivity contribution is 0.0704. The predicted molar refractivity (Wildman–Crippen MR) is 53.0 cm³/mol. The summed E-state index contributed by atoms with van der Waals surface area (Å²) in [6.07, 6.45) is -0.340. The standard InChI is InChI=1S/C11H13NO2/c1-8-3-5-9(6-4-8)11(2)7-12-10(13)14-11/h3-6H,7H2,1-2H3,(H,12,13). The van der Waals surface area contributed by atoms with E-state index in [1.54, 1.807) is 0 Å². The van der Waals surface area contributed by atoms with E-state index in [9.17, 15) is 4.79 Å². The molecule has 1 N–H and O–H groups in total. The van der Waals surface area contributed by atoms with Gasteiger partial charge in [-0.25, -0.2) is 4.79 Å². The number of rotatable bonds is 1. The zero-order chi connectivity index (χ0) is 10.2. The highest BCUT2D eigenvalue weighted by Crippen LogP contribution is 2.28. The van der Waals surface area contributed by atoms with Gasteiger partial charge in [0.05, 0.1) is 6.54 Å². The lowest BCUT2D eigenvalue weighted by atomic mass is 9.95. The Bertz CT molecular complexity index is 358. The molecule has 1 aromatic rings. The minimum absolute atomic E-state index is 0.340. The van der Waals surface area contributed by atoms with Crippen LogP contribution < -0.4 is 5.32 Å². The first-order valence-corrected chi connectivity index (χ1v) is 4.64. The van der Waals surface area contributed by atoms with Gasteiger partial charge in [-0.05, 0) is 19.4 Å². The van der Waals surface area contributed by atoms with Crippen molar-refractivity contribution in [3.05, 3.63) is 35.4 Å². The number of carbonyl (C=O) groups is 1. The van der Waals surface area contributed by atoms with E-state index < -0.39 is 5.60 Å². The second kappa shape index (κ2) is 3.01. The summed E-state index contributed by atoms with van der Waals surface area (Å²) in [4.78, 5) is 11.0. The number of aryl methyl sites for hydroxylation is 1. The fraction of sp³-hybridized carbons (Fsp3) is 0.364. The molecule has 1 aliphatic rings. The summed E-state index contributed by atoms with van der Waals surface area (Å²) in [5.41, 5.74) is 1.72. The predicted octanol–water partition coefficient (Wildman–Crippen LogP) is 1.95. The van der Waals surface area contributed by atoms with Gasteiger partial charge in [0.1, 0.15) is 0 Å². The average Bonchev–Trinajstić information content (AvgIpc) is 2.48. The van der Waals surface area contributed by atoms with Gasteiger partial charge < -0.3 is 10.1 Å². The van der Waals surface area contributed by atoms with Gasteiger partial charge in [-0.15, -0.1) is 0 Å². The molecular formula is C11H13NO2. The van der Waals surface area contributed by atoms with Crippen molar-refractivity contribution in [1.29, 1.82) is 0 Å². The first-order valence-electron chi connectivity index (χ1n) is 4.64. The highest BCUT2D eigenvalue weighted by atomic mass is 16.6. The summed E-state index contributed by atoms with van der Waals surface area (Å²) < 4.78 is 5.22. The summed E-state index contributed by atoms with van der Waals surface area (Å²) in [6.45, 7) is 4.48. The van der Waals surface area contributed by atoms with Crippen LogP contribution in [0.5, 0.6) is 0 Å². The Morgan fingerprint density at radius 2 is 2.00 bits per heavy atom. The lowest BCUT2D eigenvalue weighted by Gasteiger charge is -2.21. The Labute approximate surface area is 83.1 Å². The van der Waals surface area contributed by atoms with Crippen LogP contribution in [0.1, 0.15) is 18.1 Å². The molecule has 1 amide bonds. The molecular weight excluding hydrogens is 178 g/mol. The van der Waals surface area contributed by atoms with E-state index in [2.05, 4.69) is 5.32 Å². The van der Waals surface area contributed by atoms with Crippen LogP contribution in [0.2, 0.25) is 0 Å². The molecule has 1 atom stereocenters. The quantitative estimate of drug-likeness (QED) is 0.736. The Morgan fingerprint density at radius 1 is 1.36 bits per heavy atom. The largest absolute Gasteiger partial charge is 0.436 e. The third-order valence-electron chi connectivity index (χ3n) is 2.55. The minimum atomic E-state index is -0.509. The Hall–Kier alpha value is -1.51. The number of cyclic esters (lactones) is 1. The molecule has 0 bridgehead atoms. The maximum Gasteiger partial charge on any atom is 0.408 e. The van der Waals surface area contributed by atoms with Crippen molar-refractivity contribution < 1.29 is 9.53 Å². The number of carbonyl (C=O) groups excluding carboxylic acids is 1. The van der Waals surface area contributed by atoms with Crippen LogP contribution in [0, 0.1) is 6.92 Å². The van der Waals surface area contributed by atoms with Crippen LogP contribution in [0.15, 0.2) is 24.3 Å². The molecule has 74 valence electrons. The topological polar surface area (TPSA) is 38.3 Å². The van der Waals surface area contributed by atoms with E-state index in [4.69, 9.17) is 4.74 Å². The first kappa shape index (κ1) is 9.06. The molecule has 0 aliphatic carbocycles. The first-order chi connectivity index (χ1) is 6.60. The molecule has 0 spiro atoms. The maximum atomic E-state index is 11.0. The molecule has 1 saturated heterocycles. The van der Waals surface area contributed by atoms with Gasteiger partial charge >= 0.3 is 6.09 Å². The van der Waals surface area contributed by atoms with Gasteiger partial charge in [0.25, 0.3) is 0 Å². The minimum Gasteiger partial charge on any atom is -0.436 e. The van der Waals surface area contributed by atoms with Crippen LogP contribution in [-0.2, 0) is 10.3 Å². The number of nitrogens with one attached hydrogen (secondary N) is 1. The molecule has 0 radical (unpaired) electrons. The second-order valence-electron chi connectivity index (χ2n) is 3.84. The Kier molecular flexibility index (Phi) is 1.95. The molecule has 14 heavy (non-hydrogen) atoms. The van der Waals surface area contributed by atoms with Crippen LogP contribution in [-0.4, -0.2) is 12.6 Å². The lowest BCUT2D eigenvalue weighted by Crippen LogP contribution is -2.26. The zero-order valence-electron chi connectivity index (χ0n) is 8.33. The van der Waals surface area contributed by atoms with Gasteiger partial charge in [-0.2, -0.15) is 0 Å². The molecule has 0 saturated carbocycles. The van der Waals surface area contributed by atoms with Gasteiger partial charge in [-0.1, -0.05) is 29.8 Å². The SMILES string of the molecule is Cc1ccc(C2(C)CNC(=O)O2)cc1. The van der Waals surface area contributed by atoms with Crippen molar-refractivity contribution in [1.82, 2.24) is 5.32 Å². The summed E-state index contributed by atoms with van der Waals surface area (Å²) >= 11 is 0. The van der Waals surface area contributed by atoms with E-state index in [1.165, 1.54) is 5.56 Å². The number of hydrogen-bond donors (Lipinski definition) is 1. The van der Waals surface area contributed by atoms with Crippen molar-refractivity contribution in [2.24, 2.45) is 0 Å². The molecule has 2 rings (SSSR count). The average molecular weight is 191 g/mol. The molecule has 0 aromatic heterocycles. The molecule has 1 aromatic carbocycles. The molecule has 1 heterocycles. The van der Waals surface area contributed by atoms with Gasteiger partial charge in [0.2, 0.25) is 0 Å². The molecule has 1 fully saturated rings. The van der Waals surface area contributed by atoms with Gasteiger partial charge in [0, 0.05) is 0 Å². The van der Waals surface area contributed by atoms with E-state index in [-0.39, 0.29) is 6.09 Å². The third kappa shape index (κ3) is 1.45. The normalized spacial score (nSPS) is 25.7. The number of alkyl carbamates (subject to hydrolysis) is 1. The molecule has 3 nitrogen and oxygen atoms in total. The Morgan fingerprint density at radius 3 is 2.50 bits per heavy atom. The van der Waals surface area contributed by atoms with Crippen LogP contribution in [0.3, 0.4) is 0 Å². The van der Waals surface area contributed by atoms with E-state index >= 15 is 0 Å². The maximum absolute atomic E-state index is 11.0. The monoisotopic (exact) mass is 191 g/mol. The summed E-state index contributed by atoms with van der Waals surface area (Å²) in [6, 6.07) is 8.03. The van der Waals surface area contributed by atoms with E-state index in [0.29, 0.717) is 6.54 Å². The number of benzene rings is 1. The number of hydrogen-bond acceptors (Lipinski definition) is 2. The fourth-order valence-electron chi connectivity index (χ4n) is 1.58. The highest BCUT2D eigenvalue weighted by molar-refractivity contribution is 5.70. The fourth-order valence-corrected chi connectivity index (χ4v) is 1.58. The van der Waals surface area contributed by atoms with Crippen molar-refractivity contribution in [3.63, 3.8) is 0 Å². The van der Waals surface area contributed by atoms with Crippen molar-refractivity contribution in [2.45, 2.75) is 19.4 Å². The molecule has 1 unspecified atom stereocenters. The Balaban J connectivity index is 2.30. The van der Waals surface area contributed by atoms with Crippen LogP contribution >= 0.6 is 0 Å². The van der Waals surface area contributed by atoms with Crippen LogP contribution in [0.4, 0.5) is 4.79 Å². The zero-order valence-corrected chi connectivity index (χ0v) is 8.33. The van der Waals surface area contributed by atoms with Crippen molar-refractivity contribution in [3.8, 4) is 0 Å². The summed E-state index contributed by atoms with van der Waals surface area (Å²) in [5.74, 6) is 0. The summed E-state index contributed by atoms with van der Waals surface area (Å²) in [5, 5.41) is 2.66. The second-order valence-corrected chi connectivity index (χ2v) is 3.84. The molecule has 1 aliphatic heterocycles. The van der Waals surface area contributed by atoms with Crippen molar-refractivity contribution >= 4 is 6.09 Å². The van der Waals surface area contributed by atoms with E-state index in [0.717, 1.165) is 5.56 Å². The summed E-state index contributed by atoms with van der Waals surface area (Å²) in [7, 11) is 0. The third-order valence-corrected chi connectivity index (χ3v) is 2.55. The molecule has 3 heteroatoms.